The van der Waals surface area contributed by atoms with Crippen LogP contribution in [0.3, 0.4) is 0 Å². The van der Waals surface area contributed by atoms with E-state index in [1.165, 1.54) is 12.1 Å². The molecule has 2 aliphatic heterocycles. The van der Waals surface area contributed by atoms with Gasteiger partial charge in [0.05, 0.1) is 20.3 Å². The molecule has 0 aromatic heterocycles. The molecule has 2 heterocycles. The molecular formula is C28H36F3NO3Si. The zero-order valence-corrected chi connectivity index (χ0v) is 22.9. The molecule has 2 aromatic carbocycles. The third kappa shape index (κ3) is 4.36. The minimum Gasteiger partial charge on any atom is -0.406 e. The van der Waals surface area contributed by atoms with Gasteiger partial charge in [0.2, 0.25) is 0 Å². The standard InChI is InChI=1S/C28H36F3NO3Si/c1-18(2)36(19(3)4,20(5)6)23-15-27(34-17-23)24-14-22(35-28(29,30)31)12-13-25(24)32(26(27)33)16-21-10-8-7-9-11-21/h7-14,18-20,23H,15-17H2,1-6H3/t23-,27+/m0/s1. The van der Waals surface area contributed by atoms with Gasteiger partial charge in [-0.25, -0.2) is 0 Å². The quantitative estimate of drug-likeness (QED) is 0.350. The predicted octanol–water partition coefficient (Wildman–Crippen LogP) is 7.80. The fourth-order valence-corrected chi connectivity index (χ4v) is 15.3. The van der Waals surface area contributed by atoms with E-state index in [0.29, 0.717) is 47.4 Å². The van der Waals surface area contributed by atoms with Gasteiger partial charge in [-0.05, 0) is 35.7 Å². The first kappa shape index (κ1) is 26.7. The second kappa shape index (κ2) is 9.52. The van der Waals surface area contributed by atoms with E-state index in [1.54, 1.807) is 11.0 Å². The summed E-state index contributed by atoms with van der Waals surface area (Å²) < 4.78 is 49.9. The number of carbonyl (C=O) groups is 1. The van der Waals surface area contributed by atoms with Crippen molar-refractivity contribution in [3.05, 3.63) is 59.7 Å². The van der Waals surface area contributed by atoms with E-state index in [2.05, 4.69) is 46.3 Å². The Balaban J connectivity index is 1.80. The first-order valence-corrected chi connectivity index (χ1v) is 15.0. The summed E-state index contributed by atoms with van der Waals surface area (Å²) in [6, 6.07) is 13.8. The second-order valence-corrected chi connectivity index (χ2v) is 17.4. The lowest BCUT2D eigenvalue weighted by Gasteiger charge is -2.47. The summed E-state index contributed by atoms with van der Waals surface area (Å²) in [5.74, 6) is -0.533. The highest BCUT2D eigenvalue weighted by atomic mass is 28.3. The number of alkyl halides is 3. The fraction of sp³-hybridized carbons (Fsp3) is 0.536. The number of anilines is 1. The van der Waals surface area contributed by atoms with E-state index in [0.717, 1.165) is 5.56 Å². The van der Waals surface area contributed by atoms with Crippen molar-refractivity contribution < 1.29 is 27.4 Å². The van der Waals surface area contributed by atoms with Crippen LogP contribution in [0.15, 0.2) is 48.5 Å². The van der Waals surface area contributed by atoms with Crippen molar-refractivity contribution in [3.63, 3.8) is 0 Å². The lowest BCUT2D eigenvalue weighted by atomic mass is 9.92. The highest BCUT2D eigenvalue weighted by Crippen LogP contribution is 2.60. The minimum atomic E-state index is -4.82. The Kier molecular flexibility index (Phi) is 7.07. The normalized spacial score (nSPS) is 22.4. The number of amides is 1. The zero-order valence-electron chi connectivity index (χ0n) is 21.9. The number of carbonyl (C=O) groups excluding carboxylic acids is 1. The Morgan fingerprint density at radius 2 is 1.64 bits per heavy atom. The first-order chi connectivity index (χ1) is 16.8. The Hall–Kier alpha value is -2.32. The summed E-state index contributed by atoms with van der Waals surface area (Å²) in [7, 11) is -1.99. The molecule has 0 unspecified atom stereocenters. The first-order valence-electron chi connectivity index (χ1n) is 12.7. The molecule has 4 nitrogen and oxygen atoms in total. The van der Waals surface area contributed by atoms with Crippen molar-refractivity contribution in [1.82, 2.24) is 0 Å². The molecule has 196 valence electrons. The summed E-state index contributed by atoms with van der Waals surface area (Å²) in [6.07, 6.45) is -4.33. The Morgan fingerprint density at radius 3 is 2.19 bits per heavy atom. The molecule has 1 saturated heterocycles. The van der Waals surface area contributed by atoms with Crippen LogP contribution in [-0.2, 0) is 21.7 Å². The molecule has 2 atom stereocenters. The number of fused-ring (bicyclic) bond motifs is 2. The lowest BCUT2D eigenvalue weighted by Crippen LogP contribution is -2.49. The number of hydrogen-bond donors (Lipinski definition) is 0. The molecule has 1 amide bonds. The lowest BCUT2D eigenvalue weighted by molar-refractivity contribution is -0.274. The summed E-state index contributed by atoms with van der Waals surface area (Å²) in [4.78, 5) is 15.8. The third-order valence-electron chi connectivity index (χ3n) is 8.47. The molecule has 8 heteroatoms. The zero-order chi connectivity index (χ0) is 26.5. The summed E-state index contributed by atoms with van der Waals surface area (Å²) in [5.41, 5.74) is 2.33. The topological polar surface area (TPSA) is 38.8 Å². The van der Waals surface area contributed by atoms with Gasteiger partial charge < -0.3 is 14.4 Å². The summed E-state index contributed by atoms with van der Waals surface area (Å²) >= 11 is 0. The average Bonchev–Trinajstić information content (AvgIpc) is 3.30. The van der Waals surface area contributed by atoms with Gasteiger partial charge in [0.25, 0.3) is 5.91 Å². The molecule has 36 heavy (non-hydrogen) atoms. The monoisotopic (exact) mass is 519 g/mol. The van der Waals surface area contributed by atoms with E-state index in [1.807, 2.05) is 30.3 Å². The van der Waals surface area contributed by atoms with Crippen LogP contribution in [0.5, 0.6) is 5.75 Å². The summed E-state index contributed by atoms with van der Waals surface area (Å²) in [5, 5.41) is 0. The third-order valence-corrected chi connectivity index (χ3v) is 16.3. The number of ether oxygens (including phenoxy) is 2. The van der Waals surface area contributed by atoms with Gasteiger partial charge in [-0.15, -0.1) is 13.2 Å². The van der Waals surface area contributed by atoms with Crippen molar-refractivity contribution in [2.75, 3.05) is 11.5 Å². The maximum Gasteiger partial charge on any atom is 0.573 e. The van der Waals surface area contributed by atoms with Gasteiger partial charge in [-0.3, -0.25) is 4.79 Å². The van der Waals surface area contributed by atoms with Gasteiger partial charge in [0.15, 0.2) is 5.60 Å². The molecule has 0 aliphatic carbocycles. The van der Waals surface area contributed by atoms with Gasteiger partial charge in [0.1, 0.15) is 5.75 Å². The Bertz CT molecular complexity index is 1080. The van der Waals surface area contributed by atoms with Crippen LogP contribution in [-0.4, -0.2) is 27.0 Å². The molecule has 2 aliphatic rings. The van der Waals surface area contributed by atoms with E-state index >= 15 is 0 Å². The highest BCUT2D eigenvalue weighted by molar-refractivity contribution is 6.85. The number of benzene rings is 2. The molecule has 1 fully saturated rings. The summed E-state index contributed by atoms with van der Waals surface area (Å²) in [6.45, 7) is 14.4. The molecule has 0 radical (unpaired) electrons. The molecule has 0 N–H and O–H groups in total. The maximum atomic E-state index is 14.1. The van der Waals surface area contributed by atoms with Crippen LogP contribution in [0.1, 0.15) is 59.1 Å². The van der Waals surface area contributed by atoms with E-state index in [-0.39, 0.29) is 17.2 Å². The van der Waals surface area contributed by atoms with E-state index < -0.39 is 20.0 Å². The smallest absolute Gasteiger partial charge is 0.406 e. The van der Waals surface area contributed by atoms with Crippen LogP contribution in [0, 0.1) is 0 Å². The van der Waals surface area contributed by atoms with Crippen molar-refractivity contribution in [3.8, 4) is 5.75 Å². The SMILES string of the molecule is CC(C)[Si](C(C)C)(C(C)C)[C@@H]1CO[C@@]2(C1)C(=O)N(Cc1ccccc1)c1ccc(OC(F)(F)F)cc12. The van der Waals surface area contributed by atoms with Crippen LogP contribution in [0.2, 0.25) is 22.2 Å². The van der Waals surface area contributed by atoms with Crippen LogP contribution < -0.4 is 9.64 Å². The van der Waals surface area contributed by atoms with Gasteiger partial charge in [-0.2, -0.15) is 0 Å². The van der Waals surface area contributed by atoms with Crippen LogP contribution >= 0.6 is 0 Å². The Morgan fingerprint density at radius 1 is 1.03 bits per heavy atom. The minimum absolute atomic E-state index is 0.202. The maximum absolute atomic E-state index is 14.1. The van der Waals surface area contributed by atoms with Crippen molar-refractivity contribution in [1.29, 1.82) is 0 Å². The number of halogens is 3. The molecule has 4 rings (SSSR count). The Labute approximate surface area is 212 Å². The van der Waals surface area contributed by atoms with E-state index in [4.69, 9.17) is 4.74 Å². The number of nitrogens with zero attached hydrogens (tertiary/aromatic N) is 1. The van der Waals surface area contributed by atoms with Crippen molar-refractivity contribution in [2.45, 2.75) is 88.6 Å². The number of hydrogen-bond acceptors (Lipinski definition) is 3. The van der Waals surface area contributed by atoms with Gasteiger partial charge >= 0.3 is 6.36 Å². The highest BCUT2D eigenvalue weighted by Gasteiger charge is 2.62. The van der Waals surface area contributed by atoms with Crippen molar-refractivity contribution >= 4 is 19.7 Å². The number of rotatable bonds is 7. The average molecular weight is 520 g/mol. The van der Waals surface area contributed by atoms with Gasteiger partial charge in [-0.1, -0.05) is 88.5 Å². The largest absolute Gasteiger partial charge is 0.573 e. The van der Waals surface area contributed by atoms with Crippen molar-refractivity contribution in [2.24, 2.45) is 0 Å². The van der Waals surface area contributed by atoms with Gasteiger partial charge in [0, 0.05) is 12.2 Å². The molecule has 0 bridgehead atoms. The fourth-order valence-electron chi connectivity index (χ4n) is 7.42. The second-order valence-electron chi connectivity index (χ2n) is 11.1. The van der Waals surface area contributed by atoms with E-state index in [9.17, 15) is 18.0 Å². The molecular weight excluding hydrogens is 483 g/mol. The van der Waals surface area contributed by atoms with Crippen LogP contribution in [0.25, 0.3) is 0 Å². The predicted molar refractivity (Wildman–Crippen MR) is 138 cm³/mol. The molecule has 2 aromatic rings. The van der Waals surface area contributed by atoms with Crippen LogP contribution in [0.4, 0.5) is 18.9 Å². The molecule has 1 spiro atoms. The molecule has 0 saturated carbocycles.